The normalized spacial score (nSPS) is 10.4. The van der Waals surface area contributed by atoms with Gasteiger partial charge in [-0.05, 0) is 6.26 Å². The molecular weight excluding hydrogens is 227 g/mol. The van der Waals surface area contributed by atoms with Crippen molar-refractivity contribution in [2.45, 2.75) is 4.90 Å². The Bertz CT molecular complexity index is 293. The quantitative estimate of drug-likeness (QED) is 0.541. The van der Waals surface area contributed by atoms with Crippen LogP contribution in [0.1, 0.15) is 0 Å². The molecule has 0 saturated heterocycles. The number of aromatic nitrogens is 1. The molecule has 0 atom stereocenters. The lowest BCUT2D eigenvalue weighted by Gasteiger charge is -2.03. The van der Waals surface area contributed by atoms with E-state index in [-0.39, 0.29) is 14.9 Å². The highest BCUT2D eigenvalue weighted by atomic mass is 35.5. The molecule has 0 radical (unpaired) electrons. The number of nitrogens with zero attached hydrogens (tertiary/aromatic N) is 1. The lowest BCUT2D eigenvalue weighted by Crippen LogP contribution is -1.93. The molecule has 12 heavy (non-hydrogen) atoms. The summed E-state index contributed by atoms with van der Waals surface area (Å²) in [5.41, 5.74) is 0. The minimum absolute atomic E-state index is 0.170. The number of hydrogen-bond acceptors (Lipinski definition) is 2. The van der Waals surface area contributed by atoms with Gasteiger partial charge in [0.15, 0.2) is 0 Å². The number of hydrogen-bond donors (Lipinski definition) is 0. The Morgan fingerprint density at radius 2 is 1.58 bits per heavy atom. The monoisotopic (exact) mass is 229 g/mol. The topological polar surface area (TPSA) is 12.9 Å². The van der Waals surface area contributed by atoms with Gasteiger partial charge in [0.05, 0.1) is 4.90 Å². The first kappa shape index (κ1) is 10.0. The standard InChI is InChI=1S/C6H3Cl2F2NS/c1-12-4-2(7)5(9)11-6(10)3(4)8/h1H3. The highest BCUT2D eigenvalue weighted by Crippen LogP contribution is 2.34. The first-order chi connectivity index (χ1) is 5.57. The van der Waals surface area contributed by atoms with E-state index < -0.39 is 11.9 Å². The molecule has 0 aliphatic heterocycles. The molecule has 0 aliphatic rings. The smallest absolute Gasteiger partial charge is 0.188 e. The molecule has 0 aliphatic carbocycles. The Kier molecular flexibility index (Phi) is 3.15. The maximum absolute atomic E-state index is 12.7. The minimum atomic E-state index is -1.04. The lowest BCUT2D eigenvalue weighted by molar-refractivity contribution is 0.508. The Morgan fingerprint density at radius 1 is 1.17 bits per heavy atom. The maximum Gasteiger partial charge on any atom is 0.235 e. The van der Waals surface area contributed by atoms with E-state index in [1.165, 1.54) is 0 Å². The average molecular weight is 230 g/mol. The van der Waals surface area contributed by atoms with Crippen LogP contribution in [0, 0.1) is 11.9 Å². The van der Waals surface area contributed by atoms with Crippen LogP contribution >= 0.6 is 35.0 Å². The number of thioether (sulfide) groups is 1. The van der Waals surface area contributed by atoms with Gasteiger partial charge >= 0.3 is 0 Å². The van der Waals surface area contributed by atoms with Crippen molar-refractivity contribution in [1.82, 2.24) is 4.98 Å². The van der Waals surface area contributed by atoms with Crippen molar-refractivity contribution in [2.24, 2.45) is 0 Å². The van der Waals surface area contributed by atoms with E-state index in [4.69, 9.17) is 23.2 Å². The van der Waals surface area contributed by atoms with Gasteiger partial charge in [0.2, 0.25) is 11.9 Å². The van der Waals surface area contributed by atoms with E-state index >= 15 is 0 Å². The highest BCUT2D eigenvalue weighted by Gasteiger charge is 2.16. The summed E-state index contributed by atoms with van der Waals surface area (Å²) in [6.07, 6.45) is 1.62. The molecule has 1 aromatic heterocycles. The second kappa shape index (κ2) is 3.77. The van der Waals surface area contributed by atoms with Crippen LogP contribution in [0.15, 0.2) is 4.90 Å². The number of rotatable bonds is 1. The van der Waals surface area contributed by atoms with Gasteiger partial charge in [-0.3, -0.25) is 0 Å². The second-order valence-electron chi connectivity index (χ2n) is 1.85. The third-order valence-electron chi connectivity index (χ3n) is 1.16. The summed E-state index contributed by atoms with van der Waals surface area (Å²) < 4.78 is 25.3. The molecular formula is C6H3Cl2F2NS. The molecule has 66 valence electrons. The first-order valence-electron chi connectivity index (χ1n) is 2.82. The van der Waals surface area contributed by atoms with Crippen molar-refractivity contribution in [1.29, 1.82) is 0 Å². The van der Waals surface area contributed by atoms with Crippen LogP contribution in [0.25, 0.3) is 0 Å². The van der Waals surface area contributed by atoms with Crippen molar-refractivity contribution in [3.63, 3.8) is 0 Å². The third kappa shape index (κ3) is 1.65. The molecule has 0 spiro atoms. The van der Waals surface area contributed by atoms with Crippen LogP contribution in [0.3, 0.4) is 0 Å². The molecule has 0 fully saturated rings. The van der Waals surface area contributed by atoms with Crippen LogP contribution in [0.2, 0.25) is 10.0 Å². The summed E-state index contributed by atoms with van der Waals surface area (Å²) in [4.78, 5) is 3.04. The molecule has 1 heterocycles. The number of halogens is 4. The Hall–Kier alpha value is -0.0600. The fourth-order valence-electron chi connectivity index (χ4n) is 0.647. The maximum atomic E-state index is 12.7. The molecule has 0 amide bonds. The van der Waals surface area contributed by atoms with Gasteiger partial charge in [-0.1, -0.05) is 23.2 Å². The van der Waals surface area contributed by atoms with Crippen molar-refractivity contribution >= 4 is 35.0 Å². The first-order valence-corrected chi connectivity index (χ1v) is 4.80. The average Bonchev–Trinajstić information content (AvgIpc) is 2.02. The van der Waals surface area contributed by atoms with Gasteiger partial charge in [-0.15, -0.1) is 11.8 Å². The molecule has 1 aromatic rings. The fraction of sp³-hybridized carbons (Fsp3) is 0.167. The van der Waals surface area contributed by atoms with Gasteiger partial charge in [0.25, 0.3) is 0 Å². The van der Waals surface area contributed by atoms with Crippen molar-refractivity contribution in [3.8, 4) is 0 Å². The minimum Gasteiger partial charge on any atom is -0.188 e. The molecule has 0 N–H and O–H groups in total. The zero-order valence-electron chi connectivity index (χ0n) is 5.87. The molecule has 1 rings (SSSR count). The molecule has 0 aromatic carbocycles. The summed E-state index contributed by atoms with van der Waals surface area (Å²) in [5, 5.41) is -0.484. The molecule has 0 saturated carbocycles. The van der Waals surface area contributed by atoms with E-state index in [9.17, 15) is 8.78 Å². The largest absolute Gasteiger partial charge is 0.235 e. The Balaban J connectivity index is 3.42. The summed E-state index contributed by atoms with van der Waals surface area (Å²) in [7, 11) is 0. The van der Waals surface area contributed by atoms with Gasteiger partial charge < -0.3 is 0 Å². The lowest BCUT2D eigenvalue weighted by atomic mass is 10.5. The predicted molar refractivity (Wildman–Crippen MR) is 46.0 cm³/mol. The summed E-state index contributed by atoms with van der Waals surface area (Å²) in [5.74, 6) is -2.08. The summed E-state index contributed by atoms with van der Waals surface area (Å²) in [6, 6.07) is 0. The Morgan fingerprint density at radius 3 is 1.92 bits per heavy atom. The molecule has 0 unspecified atom stereocenters. The second-order valence-corrected chi connectivity index (χ2v) is 3.43. The molecule has 1 nitrogen and oxygen atoms in total. The van der Waals surface area contributed by atoms with E-state index in [1.54, 1.807) is 6.26 Å². The van der Waals surface area contributed by atoms with Gasteiger partial charge in [-0.25, -0.2) is 0 Å². The van der Waals surface area contributed by atoms with Crippen LogP contribution in [-0.4, -0.2) is 11.2 Å². The SMILES string of the molecule is CSc1c(Cl)c(F)nc(F)c1Cl. The van der Waals surface area contributed by atoms with Gasteiger partial charge in [-0.2, -0.15) is 13.8 Å². The van der Waals surface area contributed by atoms with Gasteiger partial charge in [0, 0.05) is 0 Å². The van der Waals surface area contributed by atoms with Crippen LogP contribution in [-0.2, 0) is 0 Å². The third-order valence-corrected chi connectivity index (χ3v) is 2.89. The highest BCUT2D eigenvalue weighted by molar-refractivity contribution is 7.98. The van der Waals surface area contributed by atoms with E-state index in [0.717, 1.165) is 11.8 Å². The van der Waals surface area contributed by atoms with Crippen molar-refractivity contribution < 1.29 is 8.78 Å². The fourth-order valence-corrected chi connectivity index (χ4v) is 1.96. The van der Waals surface area contributed by atoms with Gasteiger partial charge in [0.1, 0.15) is 10.0 Å². The van der Waals surface area contributed by atoms with Crippen molar-refractivity contribution in [3.05, 3.63) is 21.9 Å². The summed E-state index contributed by atoms with van der Waals surface area (Å²) >= 11 is 12.0. The van der Waals surface area contributed by atoms with Crippen LogP contribution in [0.4, 0.5) is 8.78 Å². The Labute approximate surface area is 82.1 Å². The van der Waals surface area contributed by atoms with Crippen molar-refractivity contribution in [2.75, 3.05) is 6.26 Å². The zero-order chi connectivity index (χ0) is 9.30. The summed E-state index contributed by atoms with van der Waals surface area (Å²) in [6.45, 7) is 0. The van der Waals surface area contributed by atoms with E-state index in [0.29, 0.717) is 0 Å². The zero-order valence-corrected chi connectivity index (χ0v) is 8.20. The van der Waals surface area contributed by atoms with E-state index in [1.807, 2.05) is 0 Å². The molecule has 0 bridgehead atoms. The van der Waals surface area contributed by atoms with E-state index in [2.05, 4.69) is 4.98 Å². The molecule has 6 heteroatoms. The van der Waals surface area contributed by atoms with Crippen LogP contribution < -0.4 is 0 Å². The number of pyridine rings is 1. The van der Waals surface area contributed by atoms with Crippen LogP contribution in [0.5, 0.6) is 0 Å². The predicted octanol–water partition coefficient (Wildman–Crippen LogP) is 3.39.